The molecule has 7 heteroatoms. The summed E-state index contributed by atoms with van der Waals surface area (Å²) in [6.07, 6.45) is 2.50. The highest BCUT2D eigenvalue weighted by Gasteiger charge is 2.24. The van der Waals surface area contributed by atoms with Gasteiger partial charge in [0.05, 0.1) is 0 Å². The Balaban J connectivity index is 1.50. The molecule has 1 aromatic carbocycles. The van der Waals surface area contributed by atoms with E-state index in [-0.39, 0.29) is 17.6 Å². The number of nitrogens with zero attached hydrogens (tertiary/aromatic N) is 3. The van der Waals surface area contributed by atoms with E-state index in [0.717, 1.165) is 41.6 Å². The van der Waals surface area contributed by atoms with E-state index in [1.165, 1.54) is 23.5 Å². The second-order valence-electron chi connectivity index (χ2n) is 6.70. The Morgan fingerprint density at radius 1 is 1.28 bits per heavy atom. The van der Waals surface area contributed by atoms with Gasteiger partial charge in [0.2, 0.25) is 11.0 Å². The lowest BCUT2D eigenvalue weighted by molar-refractivity contribution is -0.135. The van der Waals surface area contributed by atoms with Gasteiger partial charge in [0.25, 0.3) is 0 Å². The minimum Gasteiger partial charge on any atom is -0.357 e. The van der Waals surface area contributed by atoms with Crippen LogP contribution in [0.4, 0.5) is 9.52 Å². The fraction of sp³-hybridized carbons (Fsp3) is 0.500. The van der Waals surface area contributed by atoms with E-state index in [1.807, 2.05) is 18.7 Å². The van der Waals surface area contributed by atoms with Gasteiger partial charge in [-0.3, -0.25) is 4.79 Å². The molecule has 0 bridgehead atoms. The van der Waals surface area contributed by atoms with Crippen molar-refractivity contribution >= 4 is 22.4 Å². The van der Waals surface area contributed by atoms with Crippen LogP contribution in [0.15, 0.2) is 24.3 Å². The van der Waals surface area contributed by atoms with Crippen molar-refractivity contribution in [2.45, 2.75) is 39.2 Å². The maximum absolute atomic E-state index is 13.0. The molecule has 1 N–H and O–H groups in total. The Morgan fingerprint density at radius 3 is 2.60 bits per heavy atom. The Morgan fingerprint density at radius 2 is 1.96 bits per heavy atom. The normalized spacial score (nSPS) is 15.6. The Labute approximate surface area is 151 Å². The van der Waals surface area contributed by atoms with Crippen molar-refractivity contribution in [3.8, 4) is 0 Å². The molecule has 0 unspecified atom stereocenters. The molecule has 1 aliphatic heterocycles. The molecule has 1 aromatic heterocycles. The minimum atomic E-state index is -0.231. The minimum absolute atomic E-state index is 0.0571. The first kappa shape index (κ1) is 17.8. The van der Waals surface area contributed by atoms with Crippen LogP contribution in [-0.2, 0) is 11.2 Å². The monoisotopic (exact) mass is 362 g/mol. The standard InChI is InChI=1S/C18H23FN4OS/c1-12(2)17(24)23-9-7-15(8-10-23)20-18-22-21-16(25-18)11-13-3-5-14(19)6-4-13/h3-6,12,15H,7-11H2,1-2H3,(H,20,22). The summed E-state index contributed by atoms with van der Waals surface area (Å²) >= 11 is 1.53. The van der Waals surface area contributed by atoms with Gasteiger partial charge in [0.1, 0.15) is 10.8 Å². The molecule has 1 aliphatic rings. The molecular weight excluding hydrogens is 339 g/mol. The molecule has 0 radical (unpaired) electrons. The third-order valence-corrected chi connectivity index (χ3v) is 5.22. The SMILES string of the molecule is CC(C)C(=O)N1CCC(Nc2nnc(Cc3ccc(F)cc3)s2)CC1. The van der Waals surface area contributed by atoms with E-state index in [9.17, 15) is 9.18 Å². The molecule has 3 rings (SSSR count). The molecule has 0 atom stereocenters. The van der Waals surface area contributed by atoms with Crippen LogP contribution in [-0.4, -0.2) is 40.1 Å². The topological polar surface area (TPSA) is 58.1 Å². The Kier molecular flexibility index (Phi) is 5.63. The lowest BCUT2D eigenvalue weighted by Crippen LogP contribution is -2.43. The number of carbonyl (C=O) groups is 1. The highest BCUT2D eigenvalue weighted by atomic mass is 32.1. The zero-order chi connectivity index (χ0) is 17.8. The summed E-state index contributed by atoms with van der Waals surface area (Å²) in [4.78, 5) is 14.0. The maximum atomic E-state index is 13.0. The van der Waals surface area contributed by atoms with Gasteiger partial charge in [-0.1, -0.05) is 37.3 Å². The molecule has 134 valence electrons. The number of rotatable bonds is 5. The molecule has 0 spiro atoms. The number of nitrogens with one attached hydrogen (secondary N) is 1. The number of anilines is 1. The zero-order valence-corrected chi connectivity index (χ0v) is 15.4. The van der Waals surface area contributed by atoms with E-state index in [4.69, 9.17) is 0 Å². The van der Waals surface area contributed by atoms with Gasteiger partial charge in [-0.25, -0.2) is 4.39 Å². The average molecular weight is 362 g/mol. The molecule has 1 saturated heterocycles. The molecule has 1 amide bonds. The fourth-order valence-corrected chi connectivity index (χ4v) is 3.80. The van der Waals surface area contributed by atoms with E-state index in [2.05, 4.69) is 15.5 Å². The van der Waals surface area contributed by atoms with E-state index in [1.54, 1.807) is 12.1 Å². The first-order chi connectivity index (χ1) is 12.0. The van der Waals surface area contributed by atoms with Crippen LogP contribution in [0, 0.1) is 11.7 Å². The third-order valence-electron chi connectivity index (χ3n) is 4.36. The summed E-state index contributed by atoms with van der Waals surface area (Å²) in [5.74, 6) is 0.0586. The van der Waals surface area contributed by atoms with Crippen molar-refractivity contribution < 1.29 is 9.18 Å². The number of hydrogen-bond donors (Lipinski definition) is 1. The first-order valence-electron chi connectivity index (χ1n) is 8.63. The van der Waals surface area contributed by atoms with Crippen molar-refractivity contribution in [2.24, 2.45) is 5.92 Å². The Hall–Kier alpha value is -2.02. The summed E-state index contributed by atoms with van der Waals surface area (Å²) in [6.45, 7) is 5.46. The number of hydrogen-bond acceptors (Lipinski definition) is 5. The number of aromatic nitrogens is 2. The quantitative estimate of drug-likeness (QED) is 0.886. The van der Waals surface area contributed by atoms with Gasteiger partial charge in [-0.15, -0.1) is 10.2 Å². The number of amides is 1. The van der Waals surface area contributed by atoms with Crippen molar-refractivity contribution in [1.82, 2.24) is 15.1 Å². The number of likely N-dealkylation sites (tertiary alicyclic amines) is 1. The van der Waals surface area contributed by atoms with Crippen LogP contribution in [0.1, 0.15) is 37.3 Å². The molecule has 2 aromatic rings. The summed E-state index contributed by atoms with van der Waals surface area (Å²) in [5.41, 5.74) is 1.02. The first-order valence-corrected chi connectivity index (χ1v) is 9.45. The number of benzene rings is 1. The van der Waals surface area contributed by atoms with E-state index >= 15 is 0 Å². The van der Waals surface area contributed by atoms with Crippen LogP contribution in [0.2, 0.25) is 0 Å². The van der Waals surface area contributed by atoms with Gasteiger partial charge in [-0.05, 0) is 30.5 Å². The highest BCUT2D eigenvalue weighted by molar-refractivity contribution is 7.15. The second kappa shape index (κ2) is 7.91. The maximum Gasteiger partial charge on any atom is 0.225 e. The zero-order valence-electron chi connectivity index (χ0n) is 14.5. The van der Waals surface area contributed by atoms with Crippen molar-refractivity contribution in [3.63, 3.8) is 0 Å². The summed E-state index contributed by atoms with van der Waals surface area (Å²) in [6, 6.07) is 6.78. The predicted octanol–water partition coefficient (Wildman–Crippen LogP) is 3.33. The van der Waals surface area contributed by atoms with E-state index < -0.39 is 0 Å². The van der Waals surface area contributed by atoms with Crippen LogP contribution >= 0.6 is 11.3 Å². The number of carbonyl (C=O) groups excluding carboxylic acids is 1. The lowest BCUT2D eigenvalue weighted by Gasteiger charge is -2.33. The third kappa shape index (κ3) is 4.75. The molecule has 1 fully saturated rings. The molecule has 0 saturated carbocycles. The molecule has 25 heavy (non-hydrogen) atoms. The second-order valence-corrected chi connectivity index (χ2v) is 7.76. The number of piperidine rings is 1. The largest absolute Gasteiger partial charge is 0.357 e. The van der Waals surface area contributed by atoms with Gasteiger partial charge < -0.3 is 10.2 Å². The van der Waals surface area contributed by atoms with Crippen LogP contribution in [0.5, 0.6) is 0 Å². The summed E-state index contributed by atoms with van der Waals surface area (Å²) < 4.78 is 13.0. The van der Waals surface area contributed by atoms with Crippen LogP contribution in [0.25, 0.3) is 0 Å². The molecular formula is C18H23FN4OS. The lowest BCUT2D eigenvalue weighted by atomic mass is 10.0. The van der Waals surface area contributed by atoms with Gasteiger partial charge >= 0.3 is 0 Å². The van der Waals surface area contributed by atoms with Crippen molar-refractivity contribution in [1.29, 1.82) is 0 Å². The van der Waals surface area contributed by atoms with Crippen molar-refractivity contribution in [3.05, 3.63) is 40.7 Å². The smallest absolute Gasteiger partial charge is 0.225 e. The molecule has 5 nitrogen and oxygen atoms in total. The predicted molar refractivity (Wildman–Crippen MR) is 97.2 cm³/mol. The van der Waals surface area contributed by atoms with Gasteiger partial charge in [0, 0.05) is 31.5 Å². The van der Waals surface area contributed by atoms with Crippen LogP contribution in [0.3, 0.4) is 0 Å². The average Bonchev–Trinajstić information content (AvgIpc) is 3.04. The Bertz CT molecular complexity index is 708. The fourth-order valence-electron chi connectivity index (χ4n) is 2.94. The molecule has 0 aliphatic carbocycles. The van der Waals surface area contributed by atoms with Crippen LogP contribution < -0.4 is 5.32 Å². The van der Waals surface area contributed by atoms with Gasteiger partial charge in [-0.2, -0.15) is 0 Å². The van der Waals surface area contributed by atoms with E-state index in [0.29, 0.717) is 12.5 Å². The number of halogens is 1. The van der Waals surface area contributed by atoms with Crippen molar-refractivity contribution in [2.75, 3.05) is 18.4 Å². The summed E-state index contributed by atoms with van der Waals surface area (Å²) in [5, 5.41) is 13.6. The summed E-state index contributed by atoms with van der Waals surface area (Å²) in [7, 11) is 0. The van der Waals surface area contributed by atoms with Gasteiger partial charge in [0.15, 0.2) is 0 Å². The highest BCUT2D eigenvalue weighted by Crippen LogP contribution is 2.22. The molecule has 2 heterocycles.